The molecule has 0 bridgehead atoms. The van der Waals surface area contributed by atoms with Gasteiger partial charge in [0.1, 0.15) is 0 Å². The summed E-state index contributed by atoms with van der Waals surface area (Å²) >= 11 is 0. The molecule has 0 rings (SSSR count). The van der Waals surface area contributed by atoms with E-state index in [4.69, 9.17) is 0 Å². The molecule has 0 nitrogen and oxygen atoms in total. The molecule has 0 unspecified atom stereocenters. The Hall–Kier alpha value is -0.440. The van der Waals surface area contributed by atoms with Gasteiger partial charge in [0.15, 0.2) is 0 Å². The Bertz CT molecular complexity index is 280. The first-order chi connectivity index (χ1) is 12.4. The zero-order valence-corrected chi connectivity index (χ0v) is 17.8. The van der Waals surface area contributed by atoms with Crippen molar-refractivity contribution in [3.05, 3.63) is 0 Å². The van der Waals surface area contributed by atoms with Gasteiger partial charge in [-0.2, -0.15) is 0 Å². The highest BCUT2D eigenvalue weighted by molar-refractivity contribution is 4.98. The van der Waals surface area contributed by atoms with Gasteiger partial charge in [-0.15, -0.1) is 11.8 Å². The maximum atomic E-state index is 3.38. The lowest BCUT2D eigenvalue weighted by atomic mass is 10.0. The maximum Gasteiger partial charge on any atom is 0.00886 e. The fourth-order valence-electron chi connectivity index (χ4n) is 3.40. The van der Waals surface area contributed by atoms with Crippen molar-refractivity contribution in [1.82, 2.24) is 0 Å². The van der Waals surface area contributed by atoms with E-state index in [0.717, 1.165) is 12.8 Å². The van der Waals surface area contributed by atoms with Crippen LogP contribution < -0.4 is 0 Å². The molecule has 0 aromatic carbocycles. The lowest BCUT2D eigenvalue weighted by Gasteiger charge is -2.02. The summed E-state index contributed by atoms with van der Waals surface area (Å²) in [5.74, 6) is 6.75. The van der Waals surface area contributed by atoms with Crippen molar-refractivity contribution in [2.24, 2.45) is 0 Å². The lowest BCUT2D eigenvalue weighted by molar-refractivity contribution is 0.540. The molecule has 0 aromatic rings. The fraction of sp³-hybridized carbons (Fsp3) is 0.920. The van der Waals surface area contributed by atoms with E-state index < -0.39 is 0 Å². The van der Waals surface area contributed by atoms with Gasteiger partial charge >= 0.3 is 0 Å². The van der Waals surface area contributed by atoms with Gasteiger partial charge < -0.3 is 0 Å². The molecule has 0 aliphatic carbocycles. The van der Waals surface area contributed by atoms with E-state index in [1.807, 2.05) is 0 Å². The minimum Gasteiger partial charge on any atom is -0.103 e. The first kappa shape index (κ1) is 24.6. The molecular weight excluding hydrogens is 300 g/mol. The molecule has 0 aliphatic heterocycles. The molecule has 148 valence electrons. The van der Waals surface area contributed by atoms with Crippen molar-refractivity contribution < 1.29 is 0 Å². The molecule has 25 heavy (non-hydrogen) atoms. The van der Waals surface area contributed by atoms with Crippen molar-refractivity contribution in [3.63, 3.8) is 0 Å². The van der Waals surface area contributed by atoms with E-state index in [2.05, 4.69) is 25.7 Å². The average molecular weight is 349 g/mol. The molecule has 0 N–H and O–H groups in total. The standard InChI is InChI=1S/C25H48/c1-3-5-7-9-11-13-15-17-19-21-23-25-24-22-20-18-16-14-12-10-8-6-4-2/h3-17,19,21-25H2,1-2H3. The van der Waals surface area contributed by atoms with E-state index in [9.17, 15) is 0 Å². The summed E-state index contributed by atoms with van der Waals surface area (Å²) in [6, 6.07) is 0. The largest absolute Gasteiger partial charge is 0.103 e. The zero-order chi connectivity index (χ0) is 18.3. The van der Waals surface area contributed by atoms with Crippen LogP contribution in [0.25, 0.3) is 0 Å². The Labute approximate surface area is 160 Å². The van der Waals surface area contributed by atoms with Gasteiger partial charge in [-0.3, -0.25) is 0 Å². The summed E-state index contributed by atoms with van der Waals surface area (Å²) in [4.78, 5) is 0. The molecule has 0 aliphatic rings. The molecule has 0 amide bonds. The van der Waals surface area contributed by atoms with Crippen molar-refractivity contribution >= 4 is 0 Å². The molecule has 0 spiro atoms. The van der Waals surface area contributed by atoms with Gasteiger partial charge in [-0.05, 0) is 12.8 Å². The Morgan fingerprint density at radius 2 is 0.560 bits per heavy atom. The second-order valence-corrected chi connectivity index (χ2v) is 7.86. The van der Waals surface area contributed by atoms with Crippen molar-refractivity contribution in [2.75, 3.05) is 0 Å². The topological polar surface area (TPSA) is 0 Å². The summed E-state index contributed by atoms with van der Waals surface area (Å²) in [6.07, 6.45) is 29.2. The molecule has 0 atom stereocenters. The second kappa shape index (κ2) is 23.6. The van der Waals surface area contributed by atoms with Crippen molar-refractivity contribution in [2.45, 2.75) is 149 Å². The first-order valence-corrected chi connectivity index (χ1v) is 11.9. The van der Waals surface area contributed by atoms with E-state index in [0.29, 0.717) is 0 Å². The molecule has 0 saturated carbocycles. The third-order valence-corrected chi connectivity index (χ3v) is 5.19. The highest BCUT2D eigenvalue weighted by atomic mass is 14.0. The Morgan fingerprint density at radius 3 is 0.840 bits per heavy atom. The molecule has 0 heterocycles. The highest BCUT2D eigenvalue weighted by Crippen LogP contribution is 2.12. The van der Waals surface area contributed by atoms with Crippen molar-refractivity contribution in [1.29, 1.82) is 0 Å². The average Bonchev–Trinajstić information content (AvgIpc) is 2.63. The normalized spacial score (nSPS) is 10.6. The summed E-state index contributed by atoms with van der Waals surface area (Å²) < 4.78 is 0. The number of hydrogen-bond donors (Lipinski definition) is 0. The zero-order valence-electron chi connectivity index (χ0n) is 17.8. The van der Waals surface area contributed by atoms with Crippen LogP contribution in [0, 0.1) is 11.8 Å². The van der Waals surface area contributed by atoms with Gasteiger partial charge in [0.05, 0.1) is 0 Å². The summed E-state index contributed by atoms with van der Waals surface area (Å²) in [6.45, 7) is 4.57. The molecular formula is C25H48. The van der Waals surface area contributed by atoms with Gasteiger partial charge in [0.25, 0.3) is 0 Å². The van der Waals surface area contributed by atoms with Crippen LogP contribution in [-0.2, 0) is 0 Å². The monoisotopic (exact) mass is 348 g/mol. The molecule has 0 saturated heterocycles. The van der Waals surface area contributed by atoms with Crippen LogP contribution in [0.4, 0.5) is 0 Å². The predicted octanol–water partition coefficient (Wildman–Crippen LogP) is 9.22. The van der Waals surface area contributed by atoms with Crippen LogP contribution >= 0.6 is 0 Å². The molecule has 0 radical (unpaired) electrons. The number of rotatable bonds is 19. The van der Waals surface area contributed by atoms with Crippen LogP contribution in [0.2, 0.25) is 0 Å². The third kappa shape index (κ3) is 23.6. The maximum absolute atomic E-state index is 3.38. The van der Waals surface area contributed by atoms with E-state index in [1.54, 1.807) is 0 Å². The molecule has 0 fully saturated rings. The van der Waals surface area contributed by atoms with Gasteiger partial charge in [0, 0.05) is 12.8 Å². The van der Waals surface area contributed by atoms with E-state index >= 15 is 0 Å². The molecule has 0 heteroatoms. The second-order valence-electron chi connectivity index (χ2n) is 7.86. The van der Waals surface area contributed by atoms with E-state index in [-0.39, 0.29) is 0 Å². The van der Waals surface area contributed by atoms with Gasteiger partial charge in [0.2, 0.25) is 0 Å². The Kier molecular flexibility index (Phi) is 23.1. The Morgan fingerprint density at radius 1 is 0.320 bits per heavy atom. The lowest BCUT2D eigenvalue weighted by Crippen LogP contribution is -1.82. The summed E-state index contributed by atoms with van der Waals surface area (Å²) in [5, 5.41) is 0. The minimum absolute atomic E-state index is 1.13. The Balaban J connectivity index is 3.06. The van der Waals surface area contributed by atoms with Crippen LogP contribution in [0.3, 0.4) is 0 Å². The number of hydrogen-bond acceptors (Lipinski definition) is 0. The van der Waals surface area contributed by atoms with Crippen LogP contribution in [0.1, 0.15) is 149 Å². The summed E-state index contributed by atoms with van der Waals surface area (Å²) in [5.41, 5.74) is 0. The van der Waals surface area contributed by atoms with Crippen LogP contribution in [0.5, 0.6) is 0 Å². The van der Waals surface area contributed by atoms with Gasteiger partial charge in [-0.25, -0.2) is 0 Å². The third-order valence-electron chi connectivity index (χ3n) is 5.19. The van der Waals surface area contributed by atoms with E-state index in [1.165, 1.54) is 122 Å². The SMILES string of the molecule is CCCCCCCCC#CCCCCCCCCCCCCCCC. The molecule has 0 aromatic heterocycles. The smallest absolute Gasteiger partial charge is 0.00886 e. The van der Waals surface area contributed by atoms with Crippen LogP contribution in [-0.4, -0.2) is 0 Å². The quantitative estimate of drug-likeness (QED) is 0.161. The van der Waals surface area contributed by atoms with Crippen molar-refractivity contribution in [3.8, 4) is 11.8 Å². The summed E-state index contributed by atoms with van der Waals surface area (Å²) in [7, 11) is 0. The van der Waals surface area contributed by atoms with Gasteiger partial charge in [-0.1, -0.05) is 123 Å². The number of unbranched alkanes of at least 4 members (excludes halogenated alkanes) is 19. The predicted molar refractivity (Wildman–Crippen MR) is 116 cm³/mol. The van der Waals surface area contributed by atoms with Crippen LogP contribution in [0.15, 0.2) is 0 Å². The fourth-order valence-corrected chi connectivity index (χ4v) is 3.40. The minimum atomic E-state index is 1.13. The highest BCUT2D eigenvalue weighted by Gasteiger charge is 1.93. The first-order valence-electron chi connectivity index (χ1n) is 11.9.